The molecule has 0 unspecified atom stereocenters. The summed E-state index contributed by atoms with van der Waals surface area (Å²) in [4.78, 5) is 14.1. The van der Waals surface area contributed by atoms with E-state index in [4.69, 9.17) is 9.47 Å². The highest BCUT2D eigenvalue weighted by Crippen LogP contribution is 2.17. The summed E-state index contributed by atoms with van der Waals surface area (Å²) in [5.74, 6) is 0.425. The maximum Gasteiger partial charge on any atom is 0.338 e. The molecule has 2 rings (SSSR count). The van der Waals surface area contributed by atoms with Crippen molar-refractivity contribution in [1.82, 2.24) is 4.90 Å². The molecule has 1 aliphatic heterocycles. The molecule has 1 atom stereocenters. The van der Waals surface area contributed by atoms with Crippen molar-refractivity contribution in [3.05, 3.63) is 29.8 Å². The summed E-state index contributed by atoms with van der Waals surface area (Å²) in [7, 11) is 0. The largest absolute Gasteiger partial charge is 0.492 e. The number of likely N-dealkylation sites (tertiary alicyclic amines) is 1. The van der Waals surface area contributed by atoms with Crippen LogP contribution < -0.4 is 4.74 Å². The molecule has 0 aromatic heterocycles. The first-order valence-electron chi connectivity index (χ1n) is 7.34. The van der Waals surface area contributed by atoms with Gasteiger partial charge in [0.05, 0.1) is 12.2 Å². The summed E-state index contributed by atoms with van der Waals surface area (Å²) in [6.07, 6.45) is 2.55. The van der Waals surface area contributed by atoms with Crippen LogP contribution in [0.2, 0.25) is 0 Å². The monoisotopic (exact) mass is 277 g/mol. The van der Waals surface area contributed by atoms with E-state index in [2.05, 4.69) is 11.8 Å². The molecule has 0 N–H and O–H groups in total. The zero-order valence-electron chi connectivity index (χ0n) is 12.3. The van der Waals surface area contributed by atoms with Gasteiger partial charge in [0, 0.05) is 12.6 Å². The smallest absolute Gasteiger partial charge is 0.338 e. The first kappa shape index (κ1) is 14.9. The summed E-state index contributed by atoms with van der Waals surface area (Å²) >= 11 is 0. The van der Waals surface area contributed by atoms with Gasteiger partial charge in [0.25, 0.3) is 0 Å². The highest BCUT2D eigenvalue weighted by atomic mass is 16.5. The number of benzene rings is 1. The average Bonchev–Trinajstić information content (AvgIpc) is 2.85. The van der Waals surface area contributed by atoms with E-state index in [0.717, 1.165) is 18.8 Å². The number of esters is 1. The molecular formula is C16H23NO3. The maximum atomic E-state index is 11.6. The number of carbonyl (C=O) groups excluding carboxylic acids is 1. The third-order valence-corrected chi connectivity index (χ3v) is 3.68. The van der Waals surface area contributed by atoms with Crippen molar-refractivity contribution in [3.8, 4) is 5.75 Å². The van der Waals surface area contributed by atoms with E-state index in [1.165, 1.54) is 12.8 Å². The van der Waals surface area contributed by atoms with Crippen LogP contribution in [0.3, 0.4) is 0 Å². The number of hydrogen-bond acceptors (Lipinski definition) is 4. The second-order valence-corrected chi connectivity index (χ2v) is 5.12. The highest BCUT2D eigenvalue weighted by Gasteiger charge is 2.19. The summed E-state index contributed by atoms with van der Waals surface area (Å²) in [6.45, 7) is 7.19. The number of hydrogen-bond donors (Lipinski definition) is 0. The van der Waals surface area contributed by atoms with Gasteiger partial charge in [-0.25, -0.2) is 4.79 Å². The Labute approximate surface area is 120 Å². The van der Waals surface area contributed by atoms with Gasteiger partial charge in [-0.3, -0.25) is 4.90 Å². The van der Waals surface area contributed by atoms with Gasteiger partial charge >= 0.3 is 5.97 Å². The molecule has 4 heteroatoms. The second kappa shape index (κ2) is 7.29. The van der Waals surface area contributed by atoms with Gasteiger partial charge in [-0.15, -0.1) is 0 Å². The first-order valence-corrected chi connectivity index (χ1v) is 7.34. The molecule has 1 aromatic carbocycles. The van der Waals surface area contributed by atoms with E-state index < -0.39 is 0 Å². The zero-order valence-corrected chi connectivity index (χ0v) is 12.3. The summed E-state index contributed by atoms with van der Waals surface area (Å²) in [5.41, 5.74) is 0.541. The van der Waals surface area contributed by atoms with Gasteiger partial charge in [-0.2, -0.15) is 0 Å². The number of ether oxygens (including phenoxy) is 2. The van der Waals surface area contributed by atoms with Crippen molar-refractivity contribution in [1.29, 1.82) is 0 Å². The fourth-order valence-electron chi connectivity index (χ4n) is 2.53. The standard InChI is InChI=1S/C16H23NO3/c1-3-19-16(18)14-7-4-8-15(12-14)20-11-10-17-9-5-6-13(17)2/h4,7-8,12-13H,3,5-6,9-11H2,1-2H3/t13-/m1/s1. The van der Waals surface area contributed by atoms with Crippen LogP contribution in [0.1, 0.15) is 37.0 Å². The van der Waals surface area contributed by atoms with Crippen LogP contribution in [-0.4, -0.2) is 43.2 Å². The quantitative estimate of drug-likeness (QED) is 0.749. The minimum atomic E-state index is -0.300. The molecule has 0 saturated carbocycles. The Morgan fingerprint density at radius 3 is 3.00 bits per heavy atom. The van der Waals surface area contributed by atoms with E-state index in [1.807, 2.05) is 12.1 Å². The van der Waals surface area contributed by atoms with Crippen LogP contribution in [-0.2, 0) is 4.74 Å². The zero-order chi connectivity index (χ0) is 14.4. The van der Waals surface area contributed by atoms with Crippen LogP contribution in [0.5, 0.6) is 5.75 Å². The topological polar surface area (TPSA) is 38.8 Å². The van der Waals surface area contributed by atoms with Crippen molar-refractivity contribution < 1.29 is 14.3 Å². The van der Waals surface area contributed by atoms with Crippen LogP contribution in [0, 0.1) is 0 Å². The van der Waals surface area contributed by atoms with Crippen LogP contribution in [0.4, 0.5) is 0 Å². The SMILES string of the molecule is CCOC(=O)c1cccc(OCCN2CCC[C@H]2C)c1. The lowest BCUT2D eigenvalue weighted by atomic mass is 10.2. The fourth-order valence-corrected chi connectivity index (χ4v) is 2.53. The van der Waals surface area contributed by atoms with Crippen LogP contribution in [0.15, 0.2) is 24.3 Å². The molecular weight excluding hydrogens is 254 g/mol. The van der Waals surface area contributed by atoms with E-state index in [0.29, 0.717) is 24.8 Å². The molecule has 0 aliphatic carbocycles. The number of rotatable bonds is 6. The third-order valence-electron chi connectivity index (χ3n) is 3.68. The van der Waals surface area contributed by atoms with Crippen molar-refractivity contribution in [2.75, 3.05) is 26.3 Å². The Hall–Kier alpha value is -1.55. The van der Waals surface area contributed by atoms with Gasteiger partial charge < -0.3 is 9.47 Å². The van der Waals surface area contributed by atoms with E-state index in [-0.39, 0.29) is 5.97 Å². The van der Waals surface area contributed by atoms with Gasteiger partial charge in [0.1, 0.15) is 12.4 Å². The Kier molecular flexibility index (Phi) is 5.41. The lowest BCUT2D eigenvalue weighted by Gasteiger charge is -2.20. The maximum absolute atomic E-state index is 11.6. The van der Waals surface area contributed by atoms with Crippen molar-refractivity contribution in [2.24, 2.45) is 0 Å². The van der Waals surface area contributed by atoms with Crippen LogP contribution >= 0.6 is 0 Å². The fraction of sp³-hybridized carbons (Fsp3) is 0.562. The molecule has 1 heterocycles. The lowest BCUT2D eigenvalue weighted by Crippen LogP contribution is -2.31. The normalized spacial score (nSPS) is 19.0. The van der Waals surface area contributed by atoms with E-state index in [1.54, 1.807) is 19.1 Å². The van der Waals surface area contributed by atoms with Gasteiger partial charge in [0.2, 0.25) is 0 Å². The lowest BCUT2D eigenvalue weighted by molar-refractivity contribution is 0.0526. The minimum Gasteiger partial charge on any atom is -0.492 e. The number of carbonyl (C=O) groups is 1. The van der Waals surface area contributed by atoms with Gasteiger partial charge in [0.15, 0.2) is 0 Å². The Balaban J connectivity index is 1.83. The molecule has 110 valence electrons. The predicted octanol–water partition coefficient (Wildman–Crippen LogP) is 2.73. The third kappa shape index (κ3) is 3.97. The molecule has 1 fully saturated rings. The highest BCUT2D eigenvalue weighted by molar-refractivity contribution is 5.89. The molecule has 1 aromatic rings. The molecule has 0 spiro atoms. The van der Waals surface area contributed by atoms with E-state index in [9.17, 15) is 4.79 Å². The van der Waals surface area contributed by atoms with Crippen LogP contribution in [0.25, 0.3) is 0 Å². The predicted molar refractivity (Wildman–Crippen MR) is 78.2 cm³/mol. The average molecular weight is 277 g/mol. The Morgan fingerprint density at radius 2 is 2.30 bits per heavy atom. The van der Waals surface area contributed by atoms with Crippen molar-refractivity contribution in [2.45, 2.75) is 32.7 Å². The van der Waals surface area contributed by atoms with E-state index >= 15 is 0 Å². The molecule has 1 aliphatic rings. The summed E-state index contributed by atoms with van der Waals surface area (Å²) in [6, 6.07) is 7.83. The van der Waals surface area contributed by atoms with Crippen molar-refractivity contribution >= 4 is 5.97 Å². The Bertz CT molecular complexity index is 447. The summed E-state index contributed by atoms with van der Waals surface area (Å²) < 4.78 is 10.7. The Morgan fingerprint density at radius 1 is 1.45 bits per heavy atom. The molecule has 0 amide bonds. The molecule has 1 saturated heterocycles. The second-order valence-electron chi connectivity index (χ2n) is 5.12. The summed E-state index contributed by atoms with van der Waals surface area (Å²) in [5, 5.41) is 0. The minimum absolute atomic E-state index is 0.300. The first-order chi connectivity index (χ1) is 9.70. The molecule has 4 nitrogen and oxygen atoms in total. The number of nitrogens with zero attached hydrogens (tertiary/aromatic N) is 1. The van der Waals surface area contributed by atoms with Gasteiger partial charge in [-0.05, 0) is 51.4 Å². The molecule has 0 bridgehead atoms. The molecule has 20 heavy (non-hydrogen) atoms. The van der Waals surface area contributed by atoms with Crippen molar-refractivity contribution in [3.63, 3.8) is 0 Å². The molecule has 0 radical (unpaired) electrons. The van der Waals surface area contributed by atoms with Gasteiger partial charge in [-0.1, -0.05) is 6.07 Å².